The third kappa shape index (κ3) is 5.86. The van der Waals surface area contributed by atoms with Crippen LogP contribution in [0.15, 0.2) is 0 Å². The zero-order valence-electron chi connectivity index (χ0n) is 11.3. The third-order valence-electron chi connectivity index (χ3n) is 3.86. The Labute approximate surface area is 102 Å². The maximum absolute atomic E-state index is 3.59. The van der Waals surface area contributed by atoms with Gasteiger partial charge in [0.25, 0.3) is 0 Å². The Morgan fingerprint density at radius 2 is 1.75 bits per heavy atom. The molecular weight excluding hydrogens is 196 g/mol. The summed E-state index contributed by atoms with van der Waals surface area (Å²) >= 11 is 0. The molecule has 0 radical (unpaired) electrons. The van der Waals surface area contributed by atoms with Crippen LogP contribution in [0.2, 0.25) is 0 Å². The highest BCUT2D eigenvalue weighted by Crippen LogP contribution is 2.08. The predicted molar refractivity (Wildman–Crippen MR) is 71.8 cm³/mol. The standard InChI is InChI=1S/C14H30N2/c1-3-14(4-2)13-15-9-5-6-10-16-11-7-8-12-16/h14-15H,3-13H2,1-2H3. The molecule has 0 aromatic carbocycles. The quantitative estimate of drug-likeness (QED) is 0.608. The SMILES string of the molecule is CCC(CC)CNCCCCN1CCCC1. The summed E-state index contributed by atoms with van der Waals surface area (Å²) in [6.45, 7) is 11.0. The first-order valence-corrected chi connectivity index (χ1v) is 7.29. The smallest absolute Gasteiger partial charge is 0.00183 e. The molecule has 0 atom stereocenters. The van der Waals surface area contributed by atoms with Gasteiger partial charge in [-0.15, -0.1) is 0 Å². The monoisotopic (exact) mass is 226 g/mol. The van der Waals surface area contributed by atoms with Gasteiger partial charge in [0.1, 0.15) is 0 Å². The summed E-state index contributed by atoms with van der Waals surface area (Å²) in [4.78, 5) is 2.61. The van der Waals surface area contributed by atoms with Crippen LogP contribution >= 0.6 is 0 Å². The molecule has 1 heterocycles. The van der Waals surface area contributed by atoms with E-state index in [0.29, 0.717) is 0 Å². The van der Waals surface area contributed by atoms with Gasteiger partial charge in [-0.1, -0.05) is 26.7 Å². The second-order valence-corrected chi connectivity index (χ2v) is 5.14. The Balaban J connectivity index is 1.84. The van der Waals surface area contributed by atoms with Crippen molar-refractivity contribution in [3.05, 3.63) is 0 Å². The molecule has 0 amide bonds. The van der Waals surface area contributed by atoms with Crippen molar-refractivity contribution in [3.63, 3.8) is 0 Å². The molecule has 0 unspecified atom stereocenters. The highest BCUT2D eigenvalue weighted by atomic mass is 15.1. The fourth-order valence-electron chi connectivity index (χ4n) is 2.48. The number of nitrogens with one attached hydrogen (secondary N) is 1. The van der Waals surface area contributed by atoms with Gasteiger partial charge in [-0.25, -0.2) is 0 Å². The zero-order chi connectivity index (χ0) is 11.6. The Hall–Kier alpha value is -0.0800. The minimum atomic E-state index is 0.888. The normalized spacial score (nSPS) is 17.4. The van der Waals surface area contributed by atoms with Gasteiger partial charge in [0.15, 0.2) is 0 Å². The molecule has 1 saturated heterocycles. The van der Waals surface area contributed by atoms with Crippen molar-refractivity contribution >= 4 is 0 Å². The van der Waals surface area contributed by atoms with Crippen LogP contribution in [0.4, 0.5) is 0 Å². The maximum atomic E-state index is 3.59. The number of unbranched alkanes of at least 4 members (excludes halogenated alkanes) is 1. The summed E-state index contributed by atoms with van der Waals surface area (Å²) < 4.78 is 0. The van der Waals surface area contributed by atoms with Crippen LogP contribution in [0.3, 0.4) is 0 Å². The highest BCUT2D eigenvalue weighted by Gasteiger charge is 2.09. The summed E-state index contributed by atoms with van der Waals surface area (Å²) in [5.41, 5.74) is 0. The maximum Gasteiger partial charge on any atom is -0.00183 e. The van der Waals surface area contributed by atoms with Gasteiger partial charge in [0, 0.05) is 0 Å². The van der Waals surface area contributed by atoms with Crippen LogP contribution in [0.1, 0.15) is 52.4 Å². The fourth-order valence-corrected chi connectivity index (χ4v) is 2.48. The van der Waals surface area contributed by atoms with E-state index in [1.807, 2.05) is 0 Å². The Morgan fingerprint density at radius 3 is 2.38 bits per heavy atom. The lowest BCUT2D eigenvalue weighted by Gasteiger charge is -2.15. The van der Waals surface area contributed by atoms with Crippen LogP contribution in [0.25, 0.3) is 0 Å². The summed E-state index contributed by atoms with van der Waals surface area (Å²) in [6.07, 6.45) is 8.20. The molecular formula is C14H30N2. The van der Waals surface area contributed by atoms with Crippen LogP contribution in [-0.2, 0) is 0 Å². The summed E-state index contributed by atoms with van der Waals surface area (Å²) in [7, 11) is 0. The van der Waals surface area contributed by atoms with E-state index in [1.54, 1.807) is 0 Å². The summed E-state index contributed by atoms with van der Waals surface area (Å²) in [6, 6.07) is 0. The van der Waals surface area contributed by atoms with Crippen molar-refractivity contribution in [2.75, 3.05) is 32.7 Å². The first-order valence-electron chi connectivity index (χ1n) is 7.29. The second-order valence-electron chi connectivity index (χ2n) is 5.14. The van der Waals surface area contributed by atoms with Crippen molar-refractivity contribution in [3.8, 4) is 0 Å². The first kappa shape index (κ1) is 14.0. The molecule has 2 nitrogen and oxygen atoms in total. The minimum Gasteiger partial charge on any atom is -0.316 e. The average Bonchev–Trinajstić information content (AvgIpc) is 2.81. The molecule has 1 N–H and O–H groups in total. The third-order valence-corrected chi connectivity index (χ3v) is 3.86. The van der Waals surface area contributed by atoms with Crippen molar-refractivity contribution in [1.82, 2.24) is 10.2 Å². The topological polar surface area (TPSA) is 15.3 Å². The van der Waals surface area contributed by atoms with Gasteiger partial charge >= 0.3 is 0 Å². The largest absolute Gasteiger partial charge is 0.316 e. The average molecular weight is 226 g/mol. The molecule has 0 aromatic heterocycles. The molecule has 0 aromatic rings. The zero-order valence-corrected chi connectivity index (χ0v) is 11.3. The molecule has 1 aliphatic heterocycles. The van der Waals surface area contributed by atoms with Gasteiger partial charge in [-0.2, -0.15) is 0 Å². The number of rotatable bonds is 9. The molecule has 1 aliphatic rings. The Kier molecular flexibility index (Phi) is 7.87. The number of nitrogens with zero attached hydrogens (tertiary/aromatic N) is 1. The van der Waals surface area contributed by atoms with Crippen molar-refractivity contribution in [2.45, 2.75) is 52.4 Å². The van der Waals surface area contributed by atoms with E-state index in [4.69, 9.17) is 0 Å². The van der Waals surface area contributed by atoms with E-state index < -0.39 is 0 Å². The molecule has 0 aliphatic carbocycles. The lowest BCUT2D eigenvalue weighted by atomic mass is 10.0. The van der Waals surface area contributed by atoms with E-state index in [1.165, 1.54) is 71.2 Å². The van der Waals surface area contributed by atoms with E-state index in [-0.39, 0.29) is 0 Å². The van der Waals surface area contributed by atoms with E-state index in [0.717, 1.165) is 5.92 Å². The van der Waals surface area contributed by atoms with E-state index in [9.17, 15) is 0 Å². The van der Waals surface area contributed by atoms with Gasteiger partial charge in [0.05, 0.1) is 0 Å². The van der Waals surface area contributed by atoms with Crippen molar-refractivity contribution in [1.29, 1.82) is 0 Å². The van der Waals surface area contributed by atoms with Gasteiger partial charge in [0.2, 0.25) is 0 Å². The van der Waals surface area contributed by atoms with Gasteiger partial charge in [-0.05, 0) is 64.3 Å². The number of hydrogen-bond acceptors (Lipinski definition) is 2. The minimum absolute atomic E-state index is 0.888. The summed E-state index contributed by atoms with van der Waals surface area (Å²) in [5.74, 6) is 0.888. The van der Waals surface area contributed by atoms with Gasteiger partial charge < -0.3 is 10.2 Å². The van der Waals surface area contributed by atoms with Crippen LogP contribution in [-0.4, -0.2) is 37.6 Å². The fraction of sp³-hybridized carbons (Fsp3) is 1.00. The molecule has 2 heteroatoms. The molecule has 1 fully saturated rings. The van der Waals surface area contributed by atoms with Crippen LogP contribution < -0.4 is 5.32 Å². The number of likely N-dealkylation sites (tertiary alicyclic amines) is 1. The molecule has 0 saturated carbocycles. The Bertz CT molecular complexity index is 143. The summed E-state index contributed by atoms with van der Waals surface area (Å²) in [5, 5.41) is 3.59. The first-order chi connectivity index (χ1) is 7.86. The number of hydrogen-bond donors (Lipinski definition) is 1. The lowest BCUT2D eigenvalue weighted by molar-refractivity contribution is 0.327. The van der Waals surface area contributed by atoms with E-state index in [2.05, 4.69) is 24.1 Å². The molecule has 1 rings (SSSR count). The predicted octanol–water partition coefficient (Wildman–Crippen LogP) is 2.89. The van der Waals surface area contributed by atoms with Crippen LogP contribution in [0, 0.1) is 5.92 Å². The van der Waals surface area contributed by atoms with Crippen molar-refractivity contribution < 1.29 is 0 Å². The molecule has 96 valence electrons. The molecule has 16 heavy (non-hydrogen) atoms. The highest BCUT2D eigenvalue weighted by molar-refractivity contribution is 4.66. The molecule has 0 spiro atoms. The molecule has 0 bridgehead atoms. The Morgan fingerprint density at radius 1 is 1.06 bits per heavy atom. The van der Waals surface area contributed by atoms with E-state index >= 15 is 0 Å². The van der Waals surface area contributed by atoms with Gasteiger partial charge in [-0.3, -0.25) is 0 Å². The van der Waals surface area contributed by atoms with Crippen molar-refractivity contribution in [2.24, 2.45) is 5.92 Å². The second kappa shape index (κ2) is 9.00. The van der Waals surface area contributed by atoms with Crippen LogP contribution in [0.5, 0.6) is 0 Å². The lowest BCUT2D eigenvalue weighted by Crippen LogP contribution is -2.25.